The Morgan fingerprint density at radius 3 is 2.49 bits per heavy atom. The fourth-order valence-corrected chi connectivity index (χ4v) is 4.15. The van der Waals surface area contributed by atoms with E-state index < -0.39 is 5.60 Å². The first kappa shape index (κ1) is 24.4. The van der Waals surface area contributed by atoms with Gasteiger partial charge in [-0.2, -0.15) is 5.10 Å². The summed E-state index contributed by atoms with van der Waals surface area (Å²) in [5.74, 6) is 2.29. The third-order valence-electron chi connectivity index (χ3n) is 5.91. The van der Waals surface area contributed by atoms with Crippen LogP contribution in [0.1, 0.15) is 51.8 Å². The van der Waals surface area contributed by atoms with E-state index in [1.54, 1.807) is 19.1 Å². The number of carbonyl (C=O) groups is 1. The fraction of sp³-hybridized carbons (Fsp3) is 0.500. The first-order valence-electron chi connectivity index (χ1n) is 11.6. The fourth-order valence-electron chi connectivity index (χ4n) is 4.15. The molecule has 0 spiro atoms. The number of rotatable bonds is 6. The quantitative estimate of drug-likeness (QED) is 0.538. The van der Waals surface area contributed by atoms with E-state index in [4.69, 9.17) is 25.0 Å². The van der Waals surface area contributed by atoms with Crippen LogP contribution < -0.4 is 20.5 Å². The van der Waals surface area contributed by atoms with Crippen LogP contribution in [0.3, 0.4) is 0 Å². The lowest BCUT2D eigenvalue weighted by Crippen LogP contribution is -2.35. The third kappa shape index (κ3) is 5.18. The highest BCUT2D eigenvalue weighted by Crippen LogP contribution is 2.34. The molecule has 0 aliphatic carbocycles. The number of nitrogens with two attached hydrogens (primary N) is 1. The summed E-state index contributed by atoms with van der Waals surface area (Å²) in [6, 6.07) is 5.49. The molecule has 1 aromatic carbocycles. The largest absolute Gasteiger partial charge is 0.497 e. The Morgan fingerprint density at radius 2 is 1.86 bits per heavy atom. The normalized spacial score (nSPS) is 16.9. The van der Waals surface area contributed by atoms with E-state index in [9.17, 15) is 4.79 Å². The van der Waals surface area contributed by atoms with Gasteiger partial charge in [-0.3, -0.25) is 0 Å². The zero-order chi connectivity index (χ0) is 25.3. The van der Waals surface area contributed by atoms with Crippen molar-refractivity contribution >= 4 is 28.8 Å². The number of methoxy groups -OCH3 is 2. The second kappa shape index (κ2) is 9.47. The van der Waals surface area contributed by atoms with Crippen molar-refractivity contribution in [3.63, 3.8) is 0 Å². The van der Waals surface area contributed by atoms with E-state index >= 15 is 0 Å². The monoisotopic (exact) mass is 483 g/mol. The molecule has 2 aromatic heterocycles. The Balaban J connectivity index is 1.62. The highest BCUT2D eigenvalue weighted by Gasteiger charge is 2.33. The highest BCUT2D eigenvalue weighted by molar-refractivity contribution is 5.96. The molecule has 1 aliphatic rings. The van der Waals surface area contributed by atoms with Crippen LogP contribution in [0.5, 0.6) is 11.5 Å². The van der Waals surface area contributed by atoms with Crippen LogP contribution in [-0.4, -0.2) is 63.7 Å². The number of likely N-dealkylation sites (tertiary alicyclic amines) is 1. The Hall–Kier alpha value is -3.76. The predicted octanol–water partition coefficient (Wildman–Crippen LogP) is 3.78. The molecular formula is C24H33N7O4. The molecule has 11 nitrogen and oxygen atoms in total. The number of hydrogen-bond donors (Lipinski definition) is 2. The lowest BCUT2D eigenvalue weighted by Gasteiger charge is -2.24. The van der Waals surface area contributed by atoms with Crippen molar-refractivity contribution in [2.45, 2.75) is 51.8 Å². The molecule has 4 rings (SSSR count). The molecule has 35 heavy (non-hydrogen) atoms. The van der Waals surface area contributed by atoms with E-state index in [0.29, 0.717) is 47.3 Å². The summed E-state index contributed by atoms with van der Waals surface area (Å²) in [7, 11) is 3.23. The van der Waals surface area contributed by atoms with Crippen LogP contribution in [0.15, 0.2) is 24.5 Å². The van der Waals surface area contributed by atoms with Gasteiger partial charge in [0.05, 0.1) is 26.3 Å². The molecule has 0 radical (unpaired) electrons. The number of fused-ring (bicyclic) bond motifs is 1. The zero-order valence-electron chi connectivity index (χ0n) is 21.0. The van der Waals surface area contributed by atoms with Gasteiger partial charge in [0.15, 0.2) is 11.5 Å². The van der Waals surface area contributed by atoms with Gasteiger partial charge >= 0.3 is 6.09 Å². The summed E-state index contributed by atoms with van der Waals surface area (Å²) in [5, 5.41) is 8.92. The van der Waals surface area contributed by atoms with E-state index in [1.807, 2.05) is 50.6 Å². The minimum Gasteiger partial charge on any atom is -0.497 e. The molecule has 0 saturated carbocycles. The topological polar surface area (TPSA) is 130 Å². The summed E-state index contributed by atoms with van der Waals surface area (Å²) in [6.07, 6.45) is 1.82. The van der Waals surface area contributed by atoms with Gasteiger partial charge in [-0.05, 0) is 51.8 Å². The zero-order valence-corrected chi connectivity index (χ0v) is 21.0. The molecule has 3 aromatic rings. The van der Waals surface area contributed by atoms with Crippen LogP contribution in [0, 0.1) is 0 Å². The smallest absolute Gasteiger partial charge is 0.410 e. The molecule has 1 aliphatic heterocycles. The van der Waals surface area contributed by atoms with Crippen molar-refractivity contribution in [2.75, 3.05) is 38.4 Å². The molecule has 2 atom stereocenters. The van der Waals surface area contributed by atoms with E-state index in [0.717, 1.165) is 12.0 Å². The molecule has 1 unspecified atom stereocenters. The summed E-state index contributed by atoms with van der Waals surface area (Å²) in [4.78, 5) is 22.9. The Kier molecular flexibility index (Phi) is 6.60. The molecule has 1 fully saturated rings. The summed E-state index contributed by atoms with van der Waals surface area (Å²) >= 11 is 0. The number of anilines is 2. The molecule has 0 bridgehead atoms. The van der Waals surface area contributed by atoms with Gasteiger partial charge in [0, 0.05) is 19.2 Å². The van der Waals surface area contributed by atoms with E-state index in [1.165, 1.54) is 6.33 Å². The van der Waals surface area contributed by atoms with Crippen LogP contribution >= 0.6 is 0 Å². The van der Waals surface area contributed by atoms with Crippen molar-refractivity contribution in [2.24, 2.45) is 0 Å². The minimum absolute atomic E-state index is 0.0675. The average molecular weight is 484 g/mol. The van der Waals surface area contributed by atoms with Gasteiger partial charge in [0.25, 0.3) is 0 Å². The van der Waals surface area contributed by atoms with Crippen molar-refractivity contribution < 1.29 is 19.0 Å². The van der Waals surface area contributed by atoms with Gasteiger partial charge in [-0.1, -0.05) is 0 Å². The van der Waals surface area contributed by atoms with Crippen molar-refractivity contribution in [3.05, 3.63) is 30.1 Å². The lowest BCUT2D eigenvalue weighted by atomic mass is 10.1. The number of hydrogen-bond acceptors (Lipinski definition) is 9. The molecular weight excluding hydrogens is 450 g/mol. The number of ether oxygens (including phenoxy) is 3. The number of amides is 1. The number of aromatic nitrogens is 4. The van der Waals surface area contributed by atoms with Crippen LogP contribution in [0.4, 0.5) is 16.4 Å². The average Bonchev–Trinajstić information content (AvgIpc) is 3.43. The van der Waals surface area contributed by atoms with Crippen molar-refractivity contribution in [1.82, 2.24) is 24.6 Å². The summed E-state index contributed by atoms with van der Waals surface area (Å²) in [6.45, 7) is 8.63. The maximum Gasteiger partial charge on any atom is 0.410 e. The Labute approximate surface area is 204 Å². The predicted molar refractivity (Wildman–Crippen MR) is 133 cm³/mol. The minimum atomic E-state index is -0.550. The molecule has 1 amide bonds. The number of nitrogens with zero attached hydrogens (tertiary/aromatic N) is 5. The van der Waals surface area contributed by atoms with Gasteiger partial charge in [0.2, 0.25) is 0 Å². The second-order valence-electron chi connectivity index (χ2n) is 9.63. The van der Waals surface area contributed by atoms with Gasteiger partial charge in [0.1, 0.15) is 34.6 Å². The number of nitrogen functional groups attached to an aromatic ring is 1. The van der Waals surface area contributed by atoms with Crippen LogP contribution in [0.25, 0.3) is 11.0 Å². The molecule has 1 saturated heterocycles. The van der Waals surface area contributed by atoms with Gasteiger partial charge < -0.3 is 30.2 Å². The Bertz CT molecular complexity index is 1200. The number of benzene rings is 1. The first-order valence-corrected chi connectivity index (χ1v) is 11.6. The lowest BCUT2D eigenvalue weighted by molar-refractivity contribution is 0.0288. The Morgan fingerprint density at radius 1 is 1.17 bits per heavy atom. The standard InChI is InChI=1S/C24H33N7O4/c1-14(15-9-17(33-5)11-18(10-15)34-6)28-21-19-20(25)26-13-27-22(19)31(29-21)16-7-8-30(12-16)23(32)35-24(2,3)4/h9-11,13-14,16H,7-8,12H2,1-6H3,(H,28,29)(H2,25,26,27)/t14-,16?/m0/s1. The second-order valence-corrected chi connectivity index (χ2v) is 9.63. The van der Waals surface area contributed by atoms with Gasteiger partial charge in [-0.25, -0.2) is 19.4 Å². The van der Waals surface area contributed by atoms with E-state index in [-0.39, 0.29) is 18.2 Å². The van der Waals surface area contributed by atoms with Crippen LogP contribution in [0.2, 0.25) is 0 Å². The third-order valence-corrected chi connectivity index (χ3v) is 5.91. The highest BCUT2D eigenvalue weighted by atomic mass is 16.6. The molecule has 3 N–H and O–H groups in total. The SMILES string of the molecule is COc1cc(OC)cc([C@H](C)Nc2nn(C3CCN(C(=O)OC(C)(C)C)C3)c3ncnc(N)c23)c1. The van der Waals surface area contributed by atoms with E-state index in [2.05, 4.69) is 15.3 Å². The van der Waals surface area contributed by atoms with Crippen molar-refractivity contribution in [3.8, 4) is 11.5 Å². The number of carbonyl (C=O) groups excluding carboxylic acids is 1. The van der Waals surface area contributed by atoms with Gasteiger partial charge in [-0.15, -0.1) is 0 Å². The summed E-state index contributed by atoms with van der Waals surface area (Å²) in [5.41, 5.74) is 7.27. The van der Waals surface area contributed by atoms with Crippen LogP contribution in [-0.2, 0) is 4.74 Å². The maximum atomic E-state index is 12.6. The van der Waals surface area contributed by atoms with Crippen molar-refractivity contribution in [1.29, 1.82) is 0 Å². The summed E-state index contributed by atoms with van der Waals surface area (Å²) < 4.78 is 18.2. The first-order chi connectivity index (χ1) is 16.6. The molecule has 188 valence electrons. The molecule has 11 heteroatoms. The molecule has 3 heterocycles. The number of nitrogens with one attached hydrogen (secondary N) is 1. The maximum absolute atomic E-state index is 12.6.